The van der Waals surface area contributed by atoms with Crippen LogP contribution in [0.25, 0.3) is 10.9 Å². The smallest absolute Gasteiger partial charge is 0.239 e. The minimum absolute atomic E-state index is 0.0845. The molecule has 0 radical (unpaired) electrons. The third-order valence-corrected chi connectivity index (χ3v) is 2.41. The SMILES string of the molecule is CCNC(=O)CNc1nc(N)nc2ccccc12. The van der Waals surface area contributed by atoms with Crippen molar-refractivity contribution in [2.75, 3.05) is 24.1 Å². The molecule has 94 valence electrons. The van der Waals surface area contributed by atoms with Crippen LogP contribution in [0, 0.1) is 0 Å². The Hall–Kier alpha value is -2.37. The second-order valence-corrected chi connectivity index (χ2v) is 3.75. The number of hydrogen-bond acceptors (Lipinski definition) is 5. The molecule has 0 fully saturated rings. The lowest BCUT2D eigenvalue weighted by molar-refractivity contribution is -0.119. The van der Waals surface area contributed by atoms with Crippen molar-refractivity contribution in [3.05, 3.63) is 24.3 Å². The van der Waals surface area contributed by atoms with Gasteiger partial charge in [-0.05, 0) is 19.1 Å². The van der Waals surface area contributed by atoms with Crippen LogP contribution in [-0.4, -0.2) is 29.0 Å². The van der Waals surface area contributed by atoms with Gasteiger partial charge < -0.3 is 16.4 Å². The van der Waals surface area contributed by atoms with Gasteiger partial charge in [0.05, 0.1) is 12.1 Å². The number of nitrogens with one attached hydrogen (secondary N) is 2. The molecular weight excluding hydrogens is 230 g/mol. The van der Waals surface area contributed by atoms with Gasteiger partial charge in [-0.1, -0.05) is 12.1 Å². The van der Waals surface area contributed by atoms with E-state index in [4.69, 9.17) is 5.73 Å². The number of fused-ring (bicyclic) bond motifs is 1. The molecule has 0 saturated carbocycles. The number of amides is 1. The monoisotopic (exact) mass is 245 g/mol. The maximum Gasteiger partial charge on any atom is 0.239 e. The lowest BCUT2D eigenvalue weighted by Gasteiger charge is -2.09. The summed E-state index contributed by atoms with van der Waals surface area (Å²) in [5, 5.41) is 6.52. The molecule has 0 bridgehead atoms. The number of nitrogens with two attached hydrogens (primary N) is 1. The van der Waals surface area contributed by atoms with Crippen molar-refractivity contribution >= 4 is 28.6 Å². The summed E-state index contributed by atoms with van der Waals surface area (Å²) in [4.78, 5) is 19.6. The summed E-state index contributed by atoms with van der Waals surface area (Å²) in [6.45, 7) is 2.64. The molecule has 0 unspecified atom stereocenters. The zero-order valence-corrected chi connectivity index (χ0v) is 10.1. The van der Waals surface area contributed by atoms with Crippen LogP contribution in [0.1, 0.15) is 6.92 Å². The van der Waals surface area contributed by atoms with Crippen molar-refractivity contribution in [2.45, 2.75) is 6.92 Å². The Morgan fingerprint density at radius 2 is 2.11 bits per heavy atom. The predicted molar refractivity (Wildman–Crippen MR) is 71.1 cm³/mol. The van der Waals surface area contributed by atoms with Gasteiger partial charge in [0.1, 0.15) is 5.82 Å². The van der Waals surface area contributed by atoms with E-state index in [9.17, 15) is 4.79 Å². The number of anilines is 2. The molecule has 6 nitrogen and oxygen atoms in total. The number of likely N-dealkylation sites (N-methyl/N-ethyl adjacent to an activating group) is 1. The Balaban J connectivity index is 2.24. The lowest BCUT2D eigenvalue weighted by Crippen LogP contribution is -2.29. The topological polar surface area (TPSA) is 92.9 Å². The highest BCUT2D eigenvalue weighted by Crippen LogP contribution is 2.20. The van der Waals surface area contributed by atoms with Crippen molar-refractivity contribution < 1.29 is 4.79 Å². The summed E-state index contributed by atoms with van der Waals surface area (Å²) in [5.41, 5.74) is 6.38. The van der Waals surface area contributed by atoms with Crippen LogP contribution in [-0.2, 0) is 4.79 Å². The summed E-state index contributed by atoms with van der Waals surface area (Å²) in [7, 11) is 0. The third kappa shape index (κ3) is 2.65. The van der Waals surface area contributed by atoms with E-state index in [-0.39, 0.29) is 18.4 Å². The van der Waals surface area contributed by atoms with Gasteiger partial charge in [0.2, 0.25) is 11.9 Å². The summed E-state index contributed by atoms with van der Waals surface area (Å²) >= 11 is 0. The van der Waals surface area contributed by atoms with E-state index < -0.39 is 0 Å². The van der Waals surface area contributed by atoms with Crippen LogP contribution in [0.15, 0.2) is 24.3 Å². The summed E-state index contributed by atoms with van der Waals surface area (Å²) < 4.78 is 0. The fourth-order valence-electron chi connectivity index (χ4n) is 1.65. The molecule has 0 atom stereocenters. The molecule has 1 heterocycles. The van der Waals surface area contributed by atoms with Gasteiger partial charge in [-0.2, -0.15) is 4.98 Å². The molecule has 0 aliphatic rings. The molecule has 6 heteroatoms. The van der Waals surface area contributed by atoms with E-state index in [0.29, 0.717) is 12.4 Å². The van der Waals surface area contributed by atoms with E-state index in [1.54, 1.807) is 0 Å². The molecule has 1 aromatic heterocycles. The van der Waals surface area contributed by atoms with E-state index in [1.165, 1.54) is 0 Å². The highest BCUT2D eigenvalue weighted by Gasteiger charge is 2.06. The Morgan fingerprint density at radius 1 is 1.33 bits per heavy atom. The molecule has 1 aromatic carbocycles. The van der Waals surface area contributed by atoms with Crippen molar-refractivity contribution in [1.29, 1.82) is 0 Å². The van der Waals surface area contributed by atoms with Gasteiger partial charge in [-0.3, -0.25) is 4.79 Å². The van der Waals surface area contributed by atoms with Gasteiger partial charge in [0, 0.05) is 11.9 Å². The number of rotatable bonds is 4. The molecule has 0 spiro atoms. The Morgan fingerprint density at radius 3 is 2.89 bits per heavy atom. The highest BCUT2D eigenvalue weighted by molar-refractivity contribution is 5.91. The minimum Gasteiger partial charge on any atom is -0.368 e. The lowest BCUT2D eigenvalue weighted by atomic mass is 10.2. The minimum atomic E-state index is -0.0845. The number of benzene rings is 1. The van der Waals surface area contributed by atoms with Crippen molar-refractivity contribution in [3.63, 3.8) is 0 Å². The highest BCUT2D eigenvalue weighted by atomic mass is 16.1. The zero-order chi connectivity index (χ0) is 13.0. The van der Waals surface area contributed by atoms with Gasteiger partial charge >= 0.3 is 0 Å². The Labute approximate surface area is 105 Å². The molecular formula is C12H15N5O. The number of nitrogens with zero attached hydrogens (tertiary/aromatic N) is 2. The molecule has 2 aromatic rings. The van der Waals surface area contributed by atoms with E-state index >= 15 is 0 Å². The molecule has 0 aliphatic carbocycles. The van der Waals surface area contributed by atoms with E-state index in [0.717, 1.165) is 10.9 Å². The maximum atomic E-state index is 11.4. The number of para-hydroxylation sites is 1. The molecule has 4 N–H and O–H groups in total. The maximum absolute atomic E-state index is 11.4. The first-order valence-corrected chi connectivity index (χ1v) is 5.73. The fourth-order valence-corrected chi connectivity index (χ4v) is 1.65. The van der Waals surface area contributed by atoms with Crippen LogP contribution in [0.3, 0.4) is 0 Å². The molecule has 2 rings (SSSR count). The zero-order valence-electron chi connectivity index (χ0n) is 10.1. The molecule has 0 aliphatic heterocycles. The van der Waals surface area contributed by atoms with Crippen LogP contribution >= 0.6 is 0 Å². The number of hydrogen-bond donors (Lipinski definition) is 3. The third-order valence-electron chi connectivity index (χ3n) is 2.41. The average molecular weight is 245 g/mol. The van der Waals surface area contributed by atoms with Crippen LogP contribution in [0.5, 0.6) is 0 Å². The van der Waals surface area contributed by atoms with Crippen molar-refractivity contribution in [2.24, 2.45) is 0 Å². The standard InChI is InChI=1S/C12H15N5O/c1-2-14-10(18)7-15-11-8-5-3-4-6-9(8)16-12(13)17-11/h3-6H,2,7H2,1H3,(H,14,18)(H3,13,15,16,17). The van der Waals surface area contributed by atoms with Crippen molar-refractivity contribution in [3.8, 4) is 0 Å². The molecule has 0 saturated heterocycles. The van der Waals surface area contributed by atoms with Gasteiger partial charge in [-0.15, -0.1) is 0 Å². The quantitative estimate of drug-likeness (QED) is 0.739. The molecule has 1 amide bonds. The van der Waals surface area contributed by atoms with E-state index in [1.807, 2.05) is 31.2 Å². The first-order chi connectivity index (χ1) is 8.70. The normalized spacial score (nSPS) is 10.3. The second-order valence-electron chi connectivity index (χ2n) is 3.75. The summed E-state index contributed by atoms with van der Waals surface area (Å²) in [6, 6.07) is 7.50. The van der Waals surface area contributed by atoms with E-state index in [2.05, 4.69) is 20.6 Å². The first-order valence-electron chi connectivity index (χ1n) is 5.73. The summed E-state index contributed by atoms with van der Waals surface area (Å²) in [6.07, 6.45) is 0. The van der Waals surface area contributed by atoms with Crippen LogP contribution < -0.4 is 16.4 Å². The summed E-state index contributed by atoms with van der Waals surface area (Å²) in [5.74, 6) is 0.676. The first kappa shape index (κ1) is 12.1. The van der Waals surface area contributed by atoms with Crippen LogP contribution in [0.4, 0.5) is 11.8 Å². The number of carbonyl (C=O) groups is 1. The van der Waals surface area contributed by atoms with Crippen LogP contribution in [0.2, 0.25) is 0 Å². The Bertz CT molecular complexity index is 569. The number of aromatic nitrogens is 2. The van der Waals surface area contributed by atoms with Crippen molar-refractivity contribution in [1.82, 2.24) is 15.3 Å². The molecule has 18 heavy (non-hydrogen) atoms. The number of nitrogen functional groups attached to an aromatic ring is 1. The van der Waals surface area contributed by atoms with Gasteiger partial charge in [-0.25, -0.2) is 4.98 Å². The predicted octanol–water partition coefficient (Wildman–Crippen LogP) is 0.760. The fraction of sp³-hybridized carbons (Fsp3) is 0.250. The van der Waals surface area contributed by atoms with Gasteiger partial charge in [0.25, 0.3) is 0 Å². The van der Waals surface area contributed by atoms with Gasteiger partial charge in [0.15, 0.2) is 0 Å². The number of carbonyl (C=O) groups excluding carboxylic acids is 1. The average Bonchev–Trinajstić information content (AvgIpc) is 2.36. The second kappa shape index (κ2) is 5.31. The Kier molecular flexibility index (Phi) is 3.57. The largest absolute Gasteiger partial charge is 0.368 e.